The average molecular weight is 242 g/mol. The summed E-state index contributed by atoms with van der Waals surface area (Å²) < 4.78 is 0. The number of nitrogens with one attached hydrogen (secondary N) is 1. The minimum absolute atomic E-state index is 1.07. The zero-order valence-electron chi connectivity index (χ0n) is 10.4. The predicted molar refractivity (Wildman–Crippen MR) is 80.1 cm³/mol. The van der Waals surface area contributed by atoms with Gasteiger partial charge < -0.3 is 4.98 Å². The molecule has 0 aliphatic carbocycles. The molecule has 1 radical (unpaired) electrons. The fourth-order valence-electron chi connectivity index (χ4n) is 2.68. The van der Waals surface area contributed by atoms with Crippen molar-refractivity contribution in [3.05, 3.63) is 72.8 Å². The highest BCUT2D eigenvalue weighted by molar-refractivity contribution is 6.13. The van der Waals surface area contributed by atoms with Gasteiger partial charge in [0.2, 0.25) is 0 Å². The zero-order chi connectivity index (χ0) is 12.7. The van der Waals surface area contributed by atoms with Gasteiger partial charge in [0.1, 0.15) is 0 Å². The van der Waals surface area contributed by atoms with Crippen molar-refractivity contribution in [2.45, 2.75) is 0 Å². The highest BCUT2D eigenvalue weighted by Gasteiger charge is 2.09. The summed E-state index contributed by atoms with van der Waals surface area (Å²) in [5.74, 6) is 0. The van der Waals surface area contributed by atoms with Crippen molar-refractivity contribution >= 4 is 21.8 Å². The second-order valence-corrected chi connectivity index (χ2v) is 4.68. The Morgan fingerprint density at radius 2 is 1.58 bits per heavy atom. The number of hydrogen-bond donors (Lipinski definition) is 1. The molecule has 0 atom stereocenters. The largest absolute Gasteiger partial charge is 0.354 e. The van der Waals surface area contributed by atoms with Gasteiger partial charge in [0.25, 0.3) is 0 Å². The van der Waals surface area contributed by atoms with Crippen LogP contribution in [0.3, 0.4) is 0 Å². The topological polar surface area (TPSA) is 15.8 Å². The first-order valence-electron chi connectivity index (χ1n) is 6.40. The third kappa shape index (κ3) is 1.55. The average Bonchev–Trinajstić information content (AvgIpc) is 2.86. The quantitative estimate of drug-likeness (QED) is 0.494. The summed E-state index contributed by atoms with van der Waals surface area (Å²) in [5, 5.41) is 2.51. The SMILES string of the molecule is [c]1ccc(-c2ccccc2)c2c1[nH]c1ccccc12. The number of H-pyrrole nitrogens is 1. The van der Waals surface area contributed by atoms with Gasteiger partial charge in [0.15, 0.2) is 0 Å². The molecule has 0 amide bonds. The Morgan fingerprint density at radius 3 is 2.47 bits per heavy atom. The molecule has 1 heterocycles. The number of rotatable bonds is 1. The first kappa shape index (κ1) is 10.4. The Bertz CT molecular complexity index is 857. The van der Waals surface area contributed by atoms with Gasteiger partial charge >= 0.3 is 0 Å². The van der Waals surface area contributed by atoms with Crippen molar-refractivity contribution < 1.29 is 0 Å². The molecule has 19 heavy (non-hydrogen) atoms. The minimum Gasteiger partial charge on any atom is -0.354 e. The highest BCUT2D eigenvalue weighted by atomic mass is 14.7. The van der Waals surface area contributed by atoms with Gasteiger partial charge in [-0.25, -0.2) is 0 Å². The van der Waals surface area contributed by atoms with Crippen LogP contribution in [0, 0.1) is 6.07 Å². The first-order chi connectivity index (χ1) is 9.43. The van der Waals surface area contributed by atoms with Gasteiger partial charge in [-0.15, -0.1) is 0 Å². The van der Waals surface area contributed by atoms with E-state index in [0.29, 0.717) is 0 Å². The maximum absolute atomic E-state index is 3.43. The normalized spacial score (nSPS) is 11.2. The molecule has 4 aromatic rings. The molecule has 1 aromatic heterocycles. The van der Waals surface area contributed by atoms with Crippen molar-refractivity contribution in [2.75, 3.05) is 0 Å². The second-order valence-electron chi connectivity index (χ2n) is 4.68. The fraction of sp³-hybridized carbons (Fsp3) is 0. The number of aromatic nitrogens is 1. The number of hydrogen-bond acceptors (Lipinski definition) is 0. The molecule has 0 spiro atoms. The highest BCUT2D eigenvalue weighted by Crippen LogP contribution is 2.33. The molecular formula is C18H12N. The van der Waals surface area contributed by atoms with Gasteiger partial charge in [-0.1, -0.05) is 60.7 Å². The molecular weight excluding hydrogens is 230 g/mol. The lowest BCUT2D eigenvalue weighted by molar-refractivity contribution is 1.54. The van der Waals surface area contributed by atoms with Crippen molar-refractivity contribution in [3.8, 4) is 11.1 Å². The van der Waals surface area contributed by atoms with Crippen LogP contribution in [-0.4, -0.2) is 4.98 Å². The van der Waals surface area contributed by atoms with Crippen molar-refractivity contribution in [2.24, 2.45) is 0 Å². The Kier molecular flexibility index (Phi) is 2.18. The smallest absolute Gasteiger partial charge is 0.0551 e. The third-order valence-electron chi connectivity index (χ3n) is 3.54. The molecule has 0 saturated carbocycles. The molecule has 89 valence electrons. The lowest BCUT2D eigenvalue weighted by Crippen LogP contribution is -1.78. The first-order valence-corrected chi connectivity index (χ1v) is 6.40. The molecule has 3 aromatic carbocycles. The molecule has 0 aliphatic heterocycles. The van der Waals surface area contributed by atoms with Gasteiger partial charge in [-0.3, -0.25) is 0 Å². The van der Waals surface area contributed by atoms with Crippen molar-refractivity contribution in [1.29, 1.82) is 0 Å². The van der Waals surface area contributed by atoms with Crippen LogP contribution in [0.1, 0.15) is 0 Å². The summed E-state index contributed by atoms with van der Waals surface area (Å²) in [6, 6.07) is 26.3. The lowest BCUT2D eigenvalue weighted by Gasteiger charge is -2.03. The van der Waals surface area contributed by atoms with E-state index in [2.05, 4.69) is 65.6 Å². The minimum atomic E-state index is 1.07. The molecule has 0 aliphatic rings. The van der Waals surface area contributed by atoms with Crippen LogP contribution >= 0.6 is 0 Å². The van der Waals surface area contributed by atoms with Crippen LogP contribution in [0.5, 0.6) is 0 Å². The van der Waals surface area contributed by atoms with Crippen LogP contribution in [0.2, 0.25) is 0 Å². The monoisotopic (exact) mass is 242 g/mol. The maximum atomic E-state index is 3.43. The van der Waals surface area contributed by atoms with Gasteiger partial charge in [0, 0.05) is 22.4 Å². The standard InChI is InChI=1S/C18H12N/c1-2-7-13(8-3-1)14-10-6-12-17-18(14)15-9-4-5-11-16(15)19-17/h1-11,19H. The van der Waals surface area contributed by atoms with Gasteiger partial charge in [-0.05, 0) is 17.2 Å². The van der Waals surface area contributed by atoms with E-state index in [0.717, 1.165) is 11.0 Å². The fourth-order valence-corrected chi connectivity index (χ4v) is 2.68. The Hall–Kier alpha value is -2.54. The molecule has 0 unspecified atom stereocenters. The molecule has 1 nitrogen and oxygen atoms in total. The Balaban J connectivity index is 2.17. The Labute approximate surface area is 111 Å². The number of benzene rings is 3. The molecule has 1 heteroatoms. The predicted octanol–water partition coefficient (Wildman–Crippen LogP) is 4.79. The van der Waals surface area contributed by atoms with Gasteiger partial charge in [-0.2, -0.15) is 0 Å². The third-order valence-corrected chi connectivity index (χ3v) is 3.54. The van der Waals surface area contributed by atoms with E-state index in [1.54, 1.807) is 0 Å². The van der Waals surface area contributed by atoms with Crippen molar-refractivity contribution in [3.63, 3.8) is 0 Å². The van der Waals surface area contributed by atoms with Crippen LogP contribution in [-0.2, 0) is 0 Å². The van der Waals surface area contributed by atoms with E-state index in [9.17, 15) is 0 Å². The Morgan fingerprint density at radius 1 is 0.789 bits per heavy atom. The number of aromatic amines is 1. The molecule has 0 bridgehead atoms. The summed E-state index contributed by atoms with van der Waals surface area (Å²) >= 11 is 0. The molecule has 1 N–H and O–H groups in total. The molecule has 4 rings (SSSR count). The van der Waals surface area contributed by atoms with E-state index in [4.69, 9.17) is 0 Å². The zero-order valence-corrected chi connectivity index (χ0v) is 10.4. The number of fused-ring (bicyclic) bond motifs is 3. The van der Waals surface area contributed by atoms with E-state index in [-0.39, 0.29) is 0 Å². The summed E-state index contributed by atoms with van der Waals surface area (Å²) in [6.07, 6.45) is 0. The van der Waals surface area contributed by atoms with Gasteiger partial charge in [0.05, 0.1) is 5.52 Å². The second kappa shape index (κ2) is 3.99. The van der Waals surface area contributed by atoms with E-state index in [1.165, 1.54) is 21.9 Å². The summed E-state index contributed by atoms with van der Waals surface area (Å²) in [5.41, 5.74) is 4.73. The van der Waals surface area contributed by atoms with E-state index in [1.807, 2.05) is 12.1 Å². The summed E-state index contributed by atoms with van der Waals surface area (Å²) in [6.45, 7) is 0. The van der Waals surface area contributed by atoms with Crippen LogP contribution in [0.4, 0.5) is 0 Å². The van der Waals surface area contributed by atoms with E-state index < -0.39 is 0 Å². The maximum Gasteiger partial charge on any atom is 0.0551 e. The van der Waals surface area contributed by atoms with Crippen LogP contribution < -0.4 is 0 Å². The van der Waals surface area contributed by atoms with Crippen molar-refractivity contribution in [1.82, 2.24) is 4.98 Å². The van der Waals surface area contributed by atoms with Crippen LogP contribution in [0.15, 0.2) is 66.7 Å². The summed E-state index contributed by atoms with van der Waals surface area (Å²) in [7, 11) is 0. The molecule has 0 fully saturated rings. The summed E-state index contributed by atoms with van der Waals surface area (Å²) in [4.78, 5) is 3.43. The lowest BCUT2D eigenvalue weighted by atomic mass is 10.00. The van der Waals surface area contributed by atoms with Crippen LogP contribution in [0.25, 0.3) is 32.9 Å². The van der Waals surface area contributed by atoms with E-state index >= 15 is 0 Å². The molecule has 0 saturated heterocycles. The number of para-hydroxylation sites is 1.